The second-order valence-electron chi connectivity index (χ2n) is 9.23. The van der Waals surface area contributed by atoms with Crippen molar-refractivity contribution in [2.75, 3.05) is 19.8 Å². The van der Waals surface area contributed by atoms with E-state index in [0.717, 1.165) is 37.9 Å². The van der Waals surface area contributed by atoms with Crippen LogP contribution in [0.3, 0.4) is 0 Å². The number of carbonyl (C=O) groups is 1. The highest BCUT2D eigenvalue weighted by Crippen LogP contribution is 2.25. The van der Waals surface area contributed by atoms with Crippen molar-refractivity contribution in [2.24, 2.45) is 0 Å². The normalized spacial score (nSPS) is 19.4. The van der Waals surface area contributed by atoms with Crippen LogP contribution in [0.1, 0.15) is 41.6 Å². The van der Waals surface area contributed by atoms with Gasteiger partial charge in [-0.05, 0) is 49.4 Å². The van der Waals surface area contributed by atoms with Crippen molar-refractivity contribution in [2.45, 2.75) is 55.3 Å². The summed E-state index contributed by atoms with van der Waals surface area (Å²) in [7, 11) is 0. The summed E-state index contributed by atoms with van der Waals surface area (Å²) >= 11 is 1.38. The molecule has 3 aromatic rings. The van der Waals surface area contributed by atoms with Gasteiger partial charge in [0.05, 0.1) is 34.6 Å². The van der Waals surface area contributed by atoms with Crippen LogP contribution in [0.4, 0.5) is 5.69 Å². The van der Waals surface area contributed by atoms with E-state index in [-0.39, 0.29) is 29.4 Å². The van der Waals surface area contributed by atoms with Gasteiger partial charge in [0.25, 0.3) is 17.2 Å². The zero-order chi connectivity index (χ0) is 25.8. The minimum absolute atomic E-state index is 0.0261. The quantitative estimate of drug-likeness (QED) is 0.194. The molecule has 0 bridgehead atoms. The monoisotopic (exact) mass is 524 g/mol. The standard InChI is InChI=1S/C26H28N4O6S/c31-24(27-14-20-3-1-11-35-20)18-7-10-22-23(13-18)28-26(29(25(22)32)15-21-4-2-12-36-21)37-16-17-5-8-19(9-6-17)30(33)34/h5-10,13,20-21H,1-4,11-12,14-16H2,(H,27,31)/t20-,21+/m1/s1. The highest BCUT2D eigenvalue weighted by Gasteiger charge is 2.22. The first kappa shape index (κ1) is 25.4. The molecule has 2 atom stereocenters. The predicted molar refractivity (Wildman–Crippen MR) is 139 cm³/mol. The number of fused-ring (bicyclic) bond motifs is 1. The highest BCUT2D eigenvalue weighted by molar-refractivity contribution is 7.98. The van der Waals surface area contributed by atoms with Crippen LogP contribution in [-0.4, -0.2) is 52.3 Å². The summed E-state index contributed by atoms with van der Waals surface area (Å²) in [5.74, 6) is 0.242. The Morgan fingerprint density at radius 1 is 1.11 bits per heavy atom. The van der Waals surface area contributed by atoms with Crippen molar-refractivity contribution >= 4 is 34.3 Å². The lowest BCUT2D eigenvalue weighted by atomic mass is 10.1. The Balaban J connectivity index is 1.41. The molecule has 11 heteroatoms. The zero-order valence-electron chi connectivity index (χ0n) is 20.3. The lowest BCUT2D eigenvalue weighted by Crippen LogP contribution is -2.32. The number of benzene rings is 2. The van der Waals surface area contributed by atoms with E-state index in [1.54, 1.807) is 34.9 Å². The Morgan fingerprint density at radius 2 is 1.84 bits per heavy atom. The Labute approximate surface area is 217 Å². The number of nitrogens with one attached hydrogen (secondary N) is 1. The first-order valence-corrected chi connectivity index (χ1v) is 13.4. The SMILES string of the molecule is O=C(NC[C@H]1CCCO1)c1ccc2c(=O)n(C[C@@H]3CCCO3)c(SCc3ccc([N+](=O)[O-])cc3)nc2c1. The molecule has 0 radical (unpaired) electrons. The molecule has 1 aromatic heterocycles. The first-order valence-electron chi connectivity index (χ1n) is 12.4. The van der Waals surface area contributed by atoms with Gasteiger partial charge in [-0.2, -0.15) is 0 Å². The van der Waals surface area contributed by atoms with E-state index in [1.807, 2.05) is 0 Å². The third-order valence-corrected chi connectivity index (χ3v) is 7.67. The van der Waals surface area contributed by atoms with E-state index in [2.05, 4.69) is 5.32 Å². The van der Waals surface area contributed by atoms with Crippen LogP contribution in [0.5, 0.6) is 0 Å². The second-order valence-corrected chi connectivity index (χ2v) is 10.2. The van der Waals surface area contributed by atoms with Gasteiger partial charge < -0.3 is 14.8 Å². The average Bonchev–Trinajstić information content (AvgIpc) is 3.62. The zero-order valence-corrected chi connectivity index (χ0v) is 21.1. The van der Waals surface area contributed by atoms with Crippen molar-refractivity contribution in [3.63, 3.8) is 0 Å². The molecule has 37 heavy (non-hydrogen) atoms. The molecular formula is C26H28N4O6S. The van der Waals surface area contributed by atoms with Crippen molar-refractivity contribution in [3.8, 4) is 0 Å². The molecule has 194 valence electrons. The molecule has 1 N–H and O–H groups in total. The van der Waals surface area contributed by atoms with Gasteiger partial charge in [0.1, 0.15) is 0 Å². The molecule has 2 aliphatic rings. The molecule has 0 spiro atoms. The topological polar surface area (TPSA) is 126 Å². The number of non-ortho nitro benzene ring substituents is 1. The van der Waals surface area contributed by atoms with E-state index >= 15 is 0 Å². The van der Waals surface area contributed by atoms with Crippen molar-refractivity contribution < 1.29 is 19.2 Å². The van der Waals surface area contributed by atoms with Gasteiger partial charge in [0.2, 0.25) is 0 Å². The van der Waals surface area contributed by atoms with Gasteiger partial charge in [-0.1, -0.05) is 23.9 Å². The molecular weight excluding hydrogens is 496 g/mol. The highest BCUT2D eigenvalue weighted by atomic mass is 32.2. The number of rotatable bonds is 9. The Bertz CT molecular complexity index is 1350. The molecule has 3 heterocycles. The Kier molecular flexibility index (Phi) is 7.82. The first-order chi connectivity index (χ1) is 18.0. The van der Waals surface area contributed by atoms with Gasteiger partial charge >= 0.3 is 0 Å². The van der Waals surface area contributed by atoms with Gasteiger partial charge in [-0.15, -0.1) is 0 Å². The predicted octanol–water partition coefficient (Wildman–Crippen LogP) is 3.68. The number of thioether (sulfide) groups is 1. The Morgan fingerprint density at radius 3 is 2.51 bits per heavy atom. The fourth-order valence-electron chi connectivity index (χ4n) is 4.58. The van der Waals surface area contributed by atoms with E-state index in [1.165, 1.54) is 23.9 Å². The Hall–Kier alpha value is -3.28. The molecule has 2 fully saturated rings. The molecule has 10 nitrogen and oxygen atoms in total. The largest absolute Gasteiger partial charge is 0.376 e. The van der Waals surface area contributed by atoms with Gasteiger partial charge in [0, 0.05) is 43.2 Å². The van der Waals surface area contributed by atoms with E-state index in [4.69, 9.17) is 14.5 Å². The summed E-state index contributed by atoms with van der Waals surface area (Å²) in [6.07, 6.45) is 3.74. The minimum Gasteiger partial charge on any atom is -0.376 e. The number of ether oxygens (including phenoxy) is 2. The summed E-state index contributed by atoms with van der Waals surface area (Å²) in [5, 5.41) is 14.8. The average molecular weight is 525 g/mol. The number of nitro benzene ring substituents is 1. The fourth-order valence-corrected chi connectivity index (χ4v) is 5.55. The van der Waals surface area contributed by atoms with Crippen molar-refractivity contribution in [1.82, 2.24) is 14.9 Å². The third kappa shape index (κ3) is 6.00. The maximum absolute atomic E-state index is 13.5. The second kappa shape index (κ2) is 11.4. The summed E-state index contributed by atoms with van der Waals surface area (Å²) in [6, 6.07) is 11.3. The van der Waals surface area contributed by atoms with Gasteiger partial charge in [0.15, 0.2) is 5.16 Å². The maximum Gasteiger partial charge on any atom is 0.269 e. The molecule has 1 amide bonds. The molecule has 0 unspecified atom stereocenters. The minimum atomic E-state index is -0.435. The van der Waals surface area contributed by atoms with Crippen LogP contribution in [0.2, 0.25) is 0 Å². The summed E-state index contributed by atoms with van der Waals surface area (Å²) in [4.78, 5) is 41.6. The molecule has 2 aliphatic heterocycles. The van der Waals surface area contributed by atoms with Gasteiger partial charge in [-0.25, -0.2) is 4.98 Å². The van der Waals surface area contributed by atoms with Crippen LogP contribution in [0.15, 0.2) is 52.4 Å². The number of aromatic nitrogens is 2. The summed E-state index contributed by atoms with van der Waals surface area (Å²) < 4.78 is 13.0. The van der Waals surface area contributed by atoms with E-state index in [0.29, 0.717) is 47.1 Å². The van der Waals surface area contributed by atoms with Gasteiger partial charge in [-0.3, -0.25) is 24.3 Å². The van der Waals surface area contributed by atoms with Crippen LogP contribution in [-0.2, 0) is 21.8 Å². The maximum atomic E-state index is 13.5. The van der Waals surface area contributed by atoms with E-state index in [9.17, 15) is 19.7 Å². The van der Waals surface area contributed by atoms with Crippen LogP contribution in [0.25, 0.3) is 10.9 Å². The lowest BCUT2D eigenvalue weighted by Gasteiger charge is -2.17. The fraction of sp³-hybridized carbons (Fsp3) is 0.423. The number of hydrogen-bond acceptors (Lipinski definition) is 8. The molecule has 2 aromatic carbocycles. The number of hydrogen-bond donors (Lipinski definition) is 1. The number of amides is 1. The summed E-state index contributed by atoms with van der Waals surface area (Å²) in [5.41, 5.74) is 1.59. The lowest BCUT2D eigenvalue weighted by molar-refractivity contribution is -0.384. The smallest absolute Gasteiger partial charge is 0.269 e. The van der Waals surface area contributed by atoms with Crippen molar-refractivity contribution in [3.05, 3.63) is 74.1 Å². The van der Waals surface area contributed by atoms with Crippen LogP contribution >= 0.6 is 11.8 Å². The molecule has 0 saturated carbocycles. The van der Waals surface area contributed by atoms with Crippen molar-refractivity contribution in [1.29, 1.82) is 0 Å². The number of nitro groups is 1. The van der Waals surface area contributed by atoms with Crippen LogP contribution in [0, 0.1) is 10.1 Å². The number of nitrogens with zero attached hydrogens (tertiary/aromatic N) is 3. The number of carbonyl (C=O) groups excluding carboxylic acids is 1. The summed E-state index contributed by atoms with van der Waals surface area (Å²) in [6.45, 7) is 2.24. The van der Waals surface area contributed by atoms with E-state index < -0.39 is 4.92 Å². The molecule has 2 saturated heterocycles. The third-order valence-electron chi connectivity index (χ3n) is 6.62. The molecule has 0 aliphatic carbocycles. The molecule has 5 rings (SSSR count). The van der Waals surface area contributed by atoms with Crippen LogP contribution < -0.4 is 10.9 Å².